The first-order chi connectivity index (χ1) is 14.5. The van der Waals surface area contributed by atoms with Gasteiger partial charge < -0.3 is 15.5 Å². The molecule has 0 bridgehead atoms. The van der Waals surface area contributed by atoms with Crippen LogP contribution in [-0.2, 0) is 4.79 Å². The number of nitrogens with one attached hydrogen (secondary N) is 2. The predicted molar refractivity (Wildman–Crippen MR) is 118 cm³/mol. The van der Waals surface area contributed by atoms with Crippen LogP contribution in [0, 0.1) is 5.92 Å². The molecule has 2 aromatic rings. The van der Waals surface area contributed by atoms with E-state index in [1.807, 2.05) is 18.2 Å². The summed E-state index contributed by atoms with van der Waals surface area (Å²) in [5, 5.41) is 5.89. The molecule has 2 N–H and O–H groups in total. The highest BCUT2D eigenvalue weighted by Gasteiger charge is 2.29. The molecule has 0 spiro atoms. The lowest BCUT2D eigenvalue weighted by atomic mass is 9.95. The molecule has 1 aliphatic heterocycles. The third-order valence-electron chi connectivity index (χ3n) is 5.59. The highest BCUT2D eigenvalue weighted by atomic mass is 79.9. The first kappa shape index (κ1) is 20.6. The van der Waals surface area contributed by atoms with E-state index >= 15 is 0 Å². The Kier molecular flexibility index (Phi) is 6.18. The van der Waals surface area contributed by atoms with E-state index in [0.717, 1.165) is 17.3 Å². The zero-order chi connectivity index (χ0) is 21.1. The van der Waals surface area contributed by atoms with E-state index < -0.39 is 0 Å². The molecule has 1 saturated carbocycles. The summed E-state index contributed by atoms with van der Waals surface area (Å²) in [6.07, 6.45) is 3.23. The number of anilines is 1. The van der Waals surface area contributed by atoms with Gasteiger partial charge in [-0.1, -0.05) is 28.1 Å². The number of amides is 3. The van der Waals surface area contributed by atoms with Crippen LogP contribution in [0.1, 0.15) is 46.4 Å². The number of benzene rings is 2. The van der Waals surface area contributed by atoms with Crippen molar-refractivity contribution < 1.29 is 14.4 Å². The van der Waals surface area contributed by atoms with Gasteiger partial charge in [-0.25, -0.2) is 0 Å². The second kappa shape index (κ2) is 9.00. The fourth-order valence-corrected chi connectivity index (χ4v) is 3.90. The molecule has 0 radical (unpaired) electrons. The molecular weight excluding hydrogens is 446 g/mol. The minimum atomic E-state index is -0.182. The highest BCUT2D eigenvalue weighted by molar-refractivity contribution is 9.10. The van der Waals surface area contributed by atoms with Crippen molar-refractivity contribution in [1.82, 2.24) is 10.2 Å². The van der Waals surface area contributed by atoms with Crippen LogP contribution in [-0.4, -0.2) is 41.8 Å². The zero-order valence-electron chi connectivity index (χ0n) is 16.6. The van der Waals surface area contributed by atoms with Crippen LogP contribution in [0.5, 0.6) is 0 Å². The number of rotatable bonds is 5. The van der Waals surface area contributed by atoms with Crippen LogP contribution in [0.4, 0.5) is 5.69 Å². The van der Waals surface area contributed by atoms with E-state index in [-0.39, 0.29) is 29.7 Å². The van der Waals surface area contributed by atoms with Crippen molar-refractivity contribution in [1.29, 1.82) is 0 Å². The van der Waals surface area contributed by atoms with E-state index in [4.69, 9.17) is 0 Å². The Balaban J connectivity index is 1.34. The molecule has 156 valence electrons. The quantitative estimate of drug-likeness (QED) is 0.698. The number of carbonyl (C=O) groups is 3. The topological polar surface area (TPSA) is 78.5 Å². The number of carbonyl (C=O) groups excluding carboxylic acids is 3. The molecule has 2 aromatic carbocycles. The Hall–Kier alpha value is -2.67. The summed E-state index contributed by atoms with van der Waals surface area (Å²) in [6.45, 7) is 1.08. The largest absolute Gasteiger partial charge is 0.349 e. The molecule has 0 unspecified atom stereocenters. The average molecular weight is 470 g/mol. The molecule has 2 fully saturated rings. The van der Waals surface area contributed by atoms with Crippen molar-refractivity contribution in [3.05, 3.63) is 64.1 Å². The zero-order valence-corrected chi connectivity index (χ0v) is 18.2. The Labute approximate surface area is 184 Å². The molecule has 7 heteroatoms. The van der Waals surface area contributed by atoms with Gasteiger partial charge in [0, 0.05) is 35.1 Å². The lowest BCUT2D eigenvalue weighted by Crippen LogP contribution is -2.41. The Morgan fingerprint density at radius 3 is 2.23 bits per heavy atom. The summed E-state index contributed by atoms with van der Waals surface area (Å²) in [6, 6.07) is 14.7. The molecule has 6 nitrogen and oxygen atoms in total. The summed E-state index contributed by atoms with van der Waals surface area (Å²) >= 11 is 3.38. The van der Waals surface area contributed by atoms with Gasteiger partial charge in [0.1, 0.15) is 0 Å². The van der Waals surface area contributed by atoms with Gasteiger partial charge in [-0.15, -0.1) is 0 Å². The molecule has 0 aromatic heterocycles. The SMILES string of the molecule is O=C(NC1CC1)c1ccccc1NC(=O)C1CCN(C(=O)c2ccc(Br)cc2)CC1. The van der Waals surface area contributed by atoms with Crippen LogP contribution in [0.15, 0.2) is 53.0 Å². The molecule has 1 aliphatic carbocycles. The van der Waals surface area contributed by atoms with Gasteiger partial charge in [0.15, 0.2) is 0 Å². The summed E-state index contributed by atoms with van der Waals surface area (Å²) in [7, 11) is 0. The first-order valence-corrected chi connectivity index (χ1v) is 11.1. The van der Waals surface area contributed by atoms with Crippen molar-refractivity contribution in [2.45, 2.75) is 31.7 Å². The van der Waals surface area contributed by atoms with E-state index in [0.29, 0.717) is 42.7 Å². The van der Waals surface area contributed by atoms with Gasteiger partial charge in [-0.05, 0) is 62.1 Å². The molecule has 1 saturated heterocycles. The summed E-state index contributed by atoms with van der Waals surface area (Å²) in [4.78, 5) is 39.7. The molecule has 1 heterocycles. The number of para-hydroxylation sites is 1. The minimum absolute atomic E-state index is 0.0107. The van der Waals surface area contributed by atoms with Crippen molar-refractivity contribution >= 4 is 39.3 Å². The Bertz CT molecular complexity index is 948. The van der Waals surface area contributed by atoms with Gasteiger partial charge in [0.25, 0.3) is 11.8 Å². The second-order valence-electron chi connectivity index (χ2n) is 7.86. The molecular formula is C23H24BrN3O3. The maximum absolute atomic E-state index is 12.8. The fourth-order valence-electron chi connectivity index (χ4n) is 3.64. The predicted octanol–water partition coefficient (Wildman–Crippen LogP) is 3.83. The maximum Gasteiger partial charge on any atom is 0.253 e. The summed E-state index contributed by atoms with van der Waals surface area (Å²) < 4.78 is 0.931. The van der Waals surface area contributed by atoms with E-state index in [1.165, 1.54) is 0 Å². The fraction of sp³-hybridized carbons (Fsp3) is 0.348. The van der Waals surface area contributed by atoms with Crippen molar-refractivity contribution in [3.8, 4) is 0 Å². The molecule has 0 atom stereocenters. The number of nitrogens with zero attached hydrogens (tertiary/aromatic N) is 1. The molecule has 30 heavy (non-hydrogen) atoms. The average Bonchev–Trinajstić information content (AvgIpc) is 3.58. The Morgan fingerprint density at radius 2 is 1.57 bits per heavy atom. The molecule has 4 rings (SSSR count). The number of hydrogen-bond acceptors (Lipinski definition) is 3. The van der Waals surface area contributed by atoms with Gasteiger partial charge in [-0.3, -0.25) is 14.4 Å². The lowest BCUT2D eigenvalue weighted by molar-refractivity contribution is -0.121. The van der Waals surface area contributed by atoms with Crippen LogP contribution >= 0.6 is 15.9 Å². The third-order valence-corrected chi connectivity index (χ3v) is 6.11. The van der Waals surface area contributed by atoms with Crippen LogP contribution in [0.2, 0.25) is 0 Å². The van der Waals surface area contributed by atoms with E-state index in [9.17, 15) is 14.4 Å². The minimum Gasteiger partial charge on any atom is -0.349 e. The van der Waals surface area contributed by atoms with E-state index in [2.05, 4.69) is 26.6 Å². The molecule has 2 aliphatic rings. The smallest absolute Gasteiger partial charge is 0.253 e. The summed E-state index contributed by atoms with van der Waals surface area (Å²) in [5.74, 6) is -0.442. The number of hydrogen-bond donors (Lipinski definition) is 2. The number of likely N-dealkylation sites (tertiary alicyclic amines) is 1. The van der Waals surface area contributed by atoms with Crippen molar-refractivity contribution in [3.63, 3.8) is 0 Å². The van der Waals surface area contributed by atoms with Crippen LogP contribution in [0.25, 0.3) is 0 Å². The normalized spacial score (nSPS) is 16.8. The number of halogens is 1. The van der Waals surface area contributed by atoms with Gasteiger partial charge in [0.2, 0.25) is 5.91 Å². The number of piperidine rings is 1. The van der Waals surface area contributed by atoms with Crippen LogP contribution < -0.4 is 10.6 Å². The van der Waals surface area contributed by atoms with E-state index in [1.54, 1.807) is 35.2 Å². The van der Waals surface area contributed by atoms with Gasteiger partial charge in [0.05, 0.1) is 11.3 Å². The highest BCUT2D eigenvalue weighted by Crippen LogP contribution is 2.24. The van der Waals surface area contributed by atoms with Gasteiger partial charge >= 0.3 is 0 Å². The lowest BCUT2D eigenvalue weighted by Gasteiger charge is -2.31. The third kappa shape index (κ3) is 4.90. The standard InChI is InChI=1S/C23H24BrN3O3/c24-17-7-5-16(6-8-17)23(30)27-13-11-15(12-14-27)21(28)26-20-4-2-1-3-19(20)22(29)25-18-9-10-18/h1-8,15,18H,9-14H2,(H,25,29)(H,26,28). The monoisotopic (exact) mass is 469 g/mol. The van der Waals surface area contributed by atoms with Gasteiger partial charge in [-0.2, -0.15) is 0 Å². The Morgan fingerprint density at radius 1 is 0.900 bits per heavy atom. The summed E-state index contributed by atoms with van der Waals surface area (Å²) in [5.41, 5.74) is 1.67. The van der Waals surface area contributed by atoms with Crippen molar-refractivity contribution in [2.24, 2.45) is 5.92 Å². The second-order valence-corrected chi connectivity index (χ2v) is 8.77. The van der Waals surface area contributed by atoms with Crippen molar-refractivity contribution in [2.75, 3.05) is 18.4 Å². The molecule has 3 amide bonds. The van der Waals surface area contributed by atoms with Crippen LogP contribution in [0.3, 0.4) is 0 Å². The maximum atomic E-state index is 12.8. The first-order valence-electron chi connectivity index (χ1n) is 10.3.